The monoisotopic (exact) mass is 295 g/mol. The Balaban J connectivity index is 1.77. The average Bonchev–Trinajstić information content (AvgIpc) is 2.85. The summed E-state index contributed by atoms with van der Waals surface area (Å²) < 4.78 is 10.5. The van der Waals surface area contributed by atoms with E-state index in [0.29, 0.717) is 24.3 Å². The average molecular weight is 295 g/mol. The molecule has 3 N–H and O–H groups in total. The van der Waals surface area contributed by atoms with Crippen LogP contribution in [-0.2, 0) is 4.79 Å². The molecular weight excluding hydrogens is 274 g/mol. The Labute approximate surface area is 123 Å². The topological polar surface area (TPSA) is 88.0 Å². The van der Waals surface area contributed by atoms with Crippen LogP contribution in [0.2, 0.25) is 0 Å². The molecule has 2 rings (SSSR count). The van der Waals surface area contributed by atoms with Crippen molar-refractivity contribution >= 4 is 5.91 Å². The van der Waals surface area contributed by atoms with Crippen molar-refractivity contribution in [3.63, 3.8) is 0 Å². The summed E-state index contributed by atoms with van der Waals surface area (Å²) in [6.07, 6.45) is 0.498. The molecule has 6 heteroatoms. The Hall–Kier alpha value is -1.79. The van der Waals surface area contributed by atoms with E-state index in [9.17, 15) is 9.90 Å². The van der Waals surface area contributed by atoms with Crippen LogP contribution in [0.15, 0.2) is 24.3 Å². The third-order valence-corrected chi connectivity index (χ3v) is 3.67. The van der Waals surface area contributed by atoms with Crippen LogP contribution >= 0.6 is 0 Å². The highest BCUT2D eigenvalue weighted by Gasteiger charge is 2.33. The van der Waals surface area contributed by atoms with E-state index in [1.165, 1.54) is 0 Å². The Morgan fingerprint density at radius 2 is 2.14 bits per heavy atom. The number of aliphatic hydroxyl groups excluding tert-OH is 2. The lowest BCUT2D eigenvalue weighted by Gasteiger charge is -2.13. The quantitative estimate of drug-likeness (QED) is 0.703. The number of hydrogen-bond acceptors (Lipinski definition) is 5. The number of amides is 1. The van der Waals surface area contributed by atoms with Crippen molar-refractivity contribution < 1.29 is 24.5 Å². The molecule has 0 unspecified atom stereocenters. The number of aliphatic hydroxyl groups is 2. The fourth-order valence-corrected chi connectivity index (χ4v) is 2.53. The first-order valence-electron chi connectivity index (χ1n) is 6.97. The van der Waals surface area contributed by atoms with Crippen LogP contribution in [0, 0.1) is 5.92 Å². The van der Waals surface area contributed by atoms with E-state index in [-0.39, 0.29) is 31.1 Å². The summed E-state index contributed by atoms with van der Waals surface area (Å²) in [5, 5.41) is 21.6. The molecule has 6 nitrogen and oxygen atoms in total. The molecule has 1 aromatic carbocycles. The standard InChI is InChI=1S/C15H21NO5/c1-20-12-3-2-4-13(7-12)21-9-15(19)16-11-5-10(8-17)14(18)6-11/h2-4,7,10-11,14,17-18H,5-6,8-9H2,1H3,(H,16,19)/t10-,11+,14-/m1/s1. The van der Waals surface area contributed by atoms with E-state index < -0.39 is 6.10 Å². The predicted molar refractivity (Wildman–Crippen MR) is 76.2 cm³/mol. The van der Waals surface area contributed by atoms with Crippen molar-refractivity contribution in [3.05, 3.63) is 24.3 Å². The molecule has 0 saturated heterocycles. The van der Waals surface area contributed by atoms with Crippen LogP contribution in [0.5, 0.6) is 11.5 Å². The van der Waals surface area contributed by atoms with Gasteiger partial charge in [-0.25, -0.2) is 0 Å². The van der Waals surface area contributed by atoms with Gasteiger partial charge in [0, 0.05) is 24.6 Å². The predicted octanol–water partition coefficient (Wildman–Crippen LogP) is 0.322. The third kappa shape index (κ3) is 4.34. The number of nitrogens with one attached hydrogen (secondary N) is 1. The second-order valence-electron chi connectivity index (χ2n) is 5.21. The first-order chi connectivity index (χ1) is 10.1. The number of benzene rings is 1. The first kappa shape index (κ1) is 15.6. The Morgan fingerprint density at radius 3 is 2.81 bits per heavy atom. The molecule has 0 heterocycles. The lowest BCUT2D eigenvalue weighted by molar-refractivity contribution is -0.123. The zero-order valence-corrected chi connectivity index (χ0v) is 12.0. The van der Waals surface area contributed by atoms with Crippen LogP contribution in [0.4, 0.5) is 0 Å². The van der Waals surface area contributed by atoms with Crippen molar-refractivity contribution in [2.45, 2.75) is 25.0 Å². The molecular formula is C15H21NO5. The van der Waals surface area contributed by atoms with Crippen molar-refractivity contribution in [1.29, 1.82) is 0 Å². The minimum Gasteiger partial charge on any atom is -0.497 e. The zero-order valence-electron chi connectivity index (χ0n) is 12.0. The van der Waals surface area contributed by atoms with E-state index in [1.54, 1.807) is 31.4 Å². The number of methoxy groups -OCH3 is 1. The highest BCUT2D eigenvalue weighted by Crippen LogP contribution is 2.25. The SMILES string of the molecule is COc1cccc(OCC(=O)N[C@H]2C[C@H](CO)[C@H](O)C2)c1. The Kier molecular flexibility index (Phi) is 5.41. The molecule has 1 saturated carbocycles. The molecule has 0 bridgehead atoms. The normalized spacial score (nSPS) is 24.6. The third-order valence-electron chi connectivity index (χ3n) is 3.67. The van der Waals surface area contributed by atoms with Crippen LogP contribution < -0.4 is 14.8 Å². The molecule has 21 heavy (non-hydrogen) atoms. The number of ether oxygens (including phenoxy) is 2. The largest absolute Gasteiger partial charge is 0.497 e. The van der Waals surface area contributed by atoms with Gasteiger partial charge < -0.3 is 25.0 Å². The maximum Gasteiger partial charge on any atom is 0.258 e. The summed E-state index contributed by atoms with van der Waals surface area (Å²) in [6, 6.07) is 6.91. The first-order valence-corrected chi connectivity index (χ1v) is 6.97. The number of hydrogen-bond donors (Lipinski definition) is 3. The van der Waals surface area contributed by atoms with Crippen molar-refractivity contribution in [1.82, 2.24) is 5.32 Å². The van der Waals surface area contributed by atoms with Crippen LogP contribution in [0.25, 0.3) is 0 Å². The van der Waals surface area contributed by atoms with E-state index >= 15 is 0 Å². The Morgan fingerprint density at radius 1 is 1.38 bits per heavy atom. The van der Waals surface area contributed by atoms with Crippen LogP contribution in [0.1, 0.15) is 12.8 Å². The van der Waals surface area contributed by atoms with E-state index in [1.807, 2.05) is 0 Å². The fraction of sp³-hybridized carbons (Fsp3) is 0.533. The van der Waals surface area contributed by atoms with E-state index in [2.05, 4.69) is 5.32 Å². The van der Waals surface area contributed by atoms with Gasteiger partial charge in [-0.1, -0.05) is 6.07 Å². The Bertz CT molecular complexity index is 479. The van der Waals surface area contributed by atoms with E-state index in [4.69, 9.17) is 14.6 Å². The van der Waals surface area contributed by atoms with Gasteiger partial charge in [-0.05, 0) is 25.0 Å². The smallest absolute Gasteiger partial charge is 0.258 e. The number of carbonyl (C=O) groups is 1. The summed E-state index contributed by atoms with van der Waals surface area (Å²) in [5.74, 6) is 0.824. The zero-order chi connectivity index (χ0) is 15.2. The molecule has 0 aliphatic heterocycles. The molecule has 1 amide bonds. The van der Waals surface area contributed by atoms with Gasteiger partial charge in [-0.2, -0.15) is 0 Å². The number of carbonyl (C=O) groups excluding carboxylic acids is 1. The van der Waals surface area contributed by atoms with Gasteiger partial charge in [-0.15, -0.1) is 0 Å². The molecule has 1 fully saturated rings. The molecule has 1 aliphatic carbocycles. The molecule has 0 aromatic heterocycles. The fourth-order valence-electron chi connectivity index (χ4n) is 2.53. The molecule has 0 spiro atoms. The van der Waals surface area contributed by atoms with Gasteiger partial charge in [0.1, 0.15) is 11.5 Å². The second-order valence-corrected chi connectivity index (χ2v) is 5.21. The summed E-state index contributed by atoms with van der Waals surface area (Å²) >= 11 is 0. The van der Waals surface area contributed by atoms with Crippen molar-refractivity contribution in [3.8, 4) is 11.5 Å². The summed E-state index contributed by atoms with van der Waals surface area (Å²) in [5.41, 5.74) is 0. The van der Waals surface area contributed by atoms with E-state index in [0.717, 1.165) is 0 Å². The van der Waals surface area contributed by atoms with Gasteiger partial charge >= 0.3 is 0 Å². The van der Waals surface area contributed by atoms with Gasteiger partial charge in [0.2, 0.25) is 0 Å². The van der Waals surface area contributed by atoms with Gasteiger partial charge in [0.25, 0.3) is 5.91 Å². The lowest BCUT2D eigenvalue weighted by atomic mass is 10.1. The van der Waals surface area contributed by atoms with Crippen LogP contribution in [0.3, 0.4) is 0 Å². The van der Waals surface area contributed by atoms with Gasteiger partial charge in [0.05, 0.1) is 13.2 Å². The molecule has 116 valence electrons. The minimum absolute atomic E-state index is 0.0617. The highest BCUT2D eigenvalue weighted by atomic mass is 16.5. The maximum atomic E-state index is 11.8. The molecule has 3 atom stereocenters. The molecule has 1 aliphatic rings. The summed E-state index contributed by atoms with van der Waals surface area (Å²) in [4.78, 5) is 11.8. The summed E-state index contributed by atoms with van der Waals surface area (Å²) in [6.45, 7) is -0.155. The number of rotatable bonds is 6. The van der Waals surface area contributed by atoms with Crippen molar-refractivity contribution in [2.75, 3.05) is 20.3 Å². The van der Waals surface area contributed by atoms with Gasteiger partial charge in [0.15, 0.2) is 6.61 Å². The minimum atomic E-state index is -0.556. The molecule has 0 radical (unpaired) electrons. The molecule has 1 aromatic rings. The van der Waals surface area contributed by atoms with Crippen molar-refractivity contribution in [2.24, 2.45) is 5.92 Å². The summed E-state index contributed by atoms with van der Waals surface area (Å²) in [7, 11) is 1.56. The highest BCUT2D eigenvalue weighted by molar-refractivity contribution is 5.77. The lowest BCUT2D eigenvalue weighted by Crippen LogP contribution is -2.36. The van der Waals surface area contributed by atoms with Gasteiger partial charge in [-0.3, -0.25) is 4.79 Å². The second kappa shape index (κ2) is 7.28. The van der Waals surface area contributed by atoms with Crippen LogP contribution in [-0.4, -0.2) is 48.6 Å². The maximum absolute atomic E-state index is 11.8.